The molecule has 7 aromatic rings. The summed E-state index contributed by atoms with van der Waals surface area (Å²) >= 11 is 0. The Kier molecular flexibility index (Phi) is 16.4. The van der Waals surface area contributed by atoms with Gasteiger partial charge in [-0.3, -0.25) is 0 Å². The van der Waals surface area contributed by atoms with Crippen molar-refractivity contribution >= 4 is 66.6 Å². The standard InChI is InChI=1S/C89H96N6O2/c1-83(2,3)65-36-60-37-66(84(4,5)6)46-74-75-47-68(39-61-38-67(85(7,8)9)45-73(80(61)75)72(44-65)79(60)74)89(16,17)48-56-33-62-32-54(31-57-19-18-28-95(53-56)81(57)62)20-22-69-40-58(63(49-90)50-91)41-71(96-69)24-25-88(14,15)78-43-59(64(51-92)52-93)42-70(97-78)23-21-55-34-76-82-77(35-55)87(12,13)27-30-94(82)29-26-86(76,10)11/h20-23,31-32,34-47,56H,18-19,24-30,33,48,53H2,1-17H3/b22-20+,23-21+. The van der Waals surface area contributed by atoms with Crippen molar-refractivity contribution in [2.24, 2.45) is 11.3 Å². The van der Waals surface area contributed by atoms with Gasteiger partial charge in [-0.05, 0) is 267 Å². The number of aryl methyl sites for hydroxylation is 1. The number of hydrogen-bond donors (Lipinski definition) is 0. The highest BCUT2D eigenvalue weighted by atomic mass is 16.5. The number of benzene rings is 7. The van der Waals surface area contributed by atoms with Gasteiger partial charge in [-0.15, -0.1) is 0 Å². The quantitative estimate of drug-likeness (QED) is 0.0713. The van der Waals surface area contributed by atoms with Crippen LogP contribution in [0.25, 0.3) is 55.2 Å². The summed E-state index contributed by atoms with van der Waals surface area (Å²) in [7, 11) is 0. The van der Waals surface area contributed by atoms with Gasteiger partial charge in [-0.25, -0.2) is 0 Å². The molecule has 0 saturated carbocycles. The molecule has 0 radical (unpaired) electrons. The lowest BCUT2D eigenvalue weighted by atomic mass is 9.69. The highest BCUT2D eigenvalue weighted by Gasteiger charge is 2.41. The first kappa shape index (κ1) is 66.5. The molecule has 13 rings (SSSR count). The summed E-state index contributed by atoms with van der Waals surface area (Å²) in [5.74, 6) is 2.73. The molecule has 6 aliphatic heterocycles. The molecule has 6 heterocycles. The summed E-state index contributed by atoms with van der Waals surface area (Å²) in [5, 5.41) is 51.6. The number of ether oxygens (including phenoxy) is 2. The van der Waals surface area contributed by atoms with Crippen LogP contribution in [0.3, 0.4) is 0 Å². The largest absolute Gasteiger partial charge is 0.462 e. The molecule has 0 fully saturated rings. The Bertz CT molecular complexity index is 4850. The molecule has 0 amide bonds. The number of fused-ring (bicyclic) bond motifs is 2. The van der Waals surface area contributed by atoms with E-state index in [2.05, 4.69) is 237 Å². The molecule has 494 valence electrons. The van der Waals surface area contributed by atoms with Gasteiger partial charge in [0.2, 0.25) is 0 Å². The fraction of sp³-hybridized carbons (Fsp3) is 0.416. The SMILES string of the molecule is CC(C)(CCC1=CC(=C(C#N)C#N)C=C(/C=C/c2cc3c4c(c2)CC(CC(C)(C)c2cc5cc(C(C)(C)C)cc6c7cc(C(C)(C)C)cc8cc(C(C)(C)C)cc(c(c2)c56)c87)CN4CCC3)O1)C1=CC(=C(C#N)C#N)C=C(/C=C/c2cc3c4c(c2)C(C)(C)CCN4CCC3(C)C)O1. The highest BCUT2D eigenvalue weighted by Crippen LogP contribution is 2.52. The van der Waals surface area contributed by atoms with Crippen LogP contribution < -0.4 is 9.80 Å². The van der Waals surface area contributed by atoms with E-state index in [0.29, 0.717) is 52.9 Å². The third-order valence-corrected chi connectivity index (χ3v) is 22.5. The van der Waals surface area contributed by atoms with Crippen LogP contribution in [-0.2, 0) is 54.8 Å². The summed E-state index contributed by atoms with van der Waals surface area (Å²) in [6.45, 7) is 43.9. The summed E-state index contributed by atoms with van der Waals surface area (Å²) in [6.07, 6.45) is 22.7. The maximum atomic E-state index is 10.2. The van der Waals surface area contributed by atoms with Crippen LogP contribution in [0.5, 0.6) is 0 Å². The maximum absolute atomic E-state index is 10.2. The maximum Gasteiger partial charge on any atom is 0.137 e. The lowest BCUT2D eigenvalue weighted by molar-refractivity contribution is 0.191. The number of anilines is 2. The number of nitriles is 4. The van der Waals surface area contributed by atoms with E-state index in [-0.39, 0.29) is 43.6 Å². The second-order valence-corrected chi connectivity index (χ2v) is 34.7. The van der Waals surface area contributed by atoms with Crippen LogP contribution in [0.15, 0.2) is 155 Å². The van der Waals surface area contributed by atoms with Crippen molar-refractivity contribution in [3.63, 3.8) is 0 Å². The zero-order chi connectivity index (χ0) is 69.3. The fourth-order valence-electron chi connectivity index (χ4n) is 16.4. The van der Waals surface area contributed by atoms with Crippen LogP contribution in [0.2, 0.25) is 0 Å². The number of hydrogen-bond acceptors (Lipinski definition) is 8. The van der Waals surface area contributed by atoms with E-state index >= 15 is 0 Å². The molecule has 0 spiro atoms. The van der Waals surface area contributed by atoms with E-state index in [4.69, 9.17) is 9.47 Å². The second kappa shape index (κ2) is 23.9. The number of nitrogens with zero attached hydrogens (tertiary/aromatic N) is 6. The Morgan fingerprint density at radius 2 is 0.969 bits per heavy atom. The van der Waals surface area contributed by atoms with Gasteiger partial charge in [-0.2, -0.15) is 21.0 Å². The molecular weight excluding hydrogens is 1190 g/mol. The zero-order valence-electron chi connectivity index (χ0n) is 60.6. The normalized spacial score (nSPS) is 18.6. The molecule has 8 heteroatoms. The first-order chi connectivity index (χ1) is 45.6. The van der Waals surface area contributed by atoms with Crippen molar-refractivity contribution in [2.45, 2.75) is 202 Å². The van der Waals surface area contributed by atoms with Crippen molar-refractivity contribution in [3.8, 4) is 24.3 Å². The molecule has 6 aliphatic rings. The Labute approximate surface area is 577 Å². The first-order valence-corrected chi connectivity index (χ1v) is 35.4. The lowest BCUT2D eigenvalue weighted by Crippen LogP contribution is -2.44. The smallest absolute Gasteiger partial charge is 0.137 e. The minimum absolute atomic E-state index is 0.00755. The first-order valence-electron chi connectivity index (χ1n) is 35.4. The third kappa shape index (κ3) is 12.5. The van der Waals surface area contributed by atoms with E-state index in [1.165, 1.54) is 99.0 Å². The van der Waals surface area contributed by atoms with Gasteiger partial charge in [-0.1, -0.05) is 154 Å². The van der Waals surface area contributed by atoms with Crippen molar-refractivity contribution in [1.29, 1.82) is 21.0 Å². The van der Waals surface area contributed by atoms with Gasteiger partial charge in [0.25, 0.3) is 0 Å². The molecule has 1 unspecified atom stereocenters. The Hall–Kier alpha value is -9.08. The molecule has 1 atom stereocenters. The van der Waals surface area contributed by atoms with Crippen LogP contribution in [0.1, 0.15) is 212 Å². The summed E-state index contributed by atoms with van der Waals surface area (Å²) in [6, 6.07) is 38.0. The van der Waals surface area contributed by atoms with Crippen LogP contribution >= 0.6 is 0 Å². The number of allylic oxidation sites excluding steroid dienone is 12. The molecule has 0 aliphatic carbocycles. The van der Waals surface area contributed by atoms with Gasteiger partial charge in [0.1, 0.15) is 58.5 Å². The van der Waals surface area contributed by atoms with E-state index in [0.717, 1.165) is 75.8 Å². The van der Waals surface area contributed by atoms with Gasteiger partial charge < -0.3 is 19.3 Å². The molecule has 0 bridgehead atoms. The monoisotopic (exact) mass is 1280 g/mol. The lowest BCUT2D eigenvalue weighted by Gasteiger charge is -2.48. The van der Waals surface area contributed by atoms with Crippen molar-refractivity contribution in [1.82, 2.24) is 0 Å². The van der Waals surface area contributed by atoms with Crippen LogP contribution in [0, 0.1) is 56.7 Å². The highest BCUT2D eigenvalue weighted by molar-refractivity contribution is 6.33. The van der Waals surface area contributed by atoms with Gasteiger partial charge in [0, 0.05) is 60.5 Å². The summed E-state index contributed by atoms with van der Waals surface area (Å²) < 4.78 is 13.5. The third-order valence-electron chi connectivity index (χ3n) is 22.5. The van der Waals surface area contributed by atoms with Crippen molar-refractivity contribution in [2.75, 3.05) is 36.0 Å². The minimum Gasteiger partial charge on any atom is -0.462 e. The van der Waals surface area contributed by atoms with E-state index < -0.39 is 5.41 Å². The average Bonchev–Trinajstić information content (AvgIpc) is 0.681. The molecule has 0 saturated heterocycles. The van der Waals surface area contributed by atoms with Crippen molar-refractivity contribution in [3.05, 3.63) is 210 Å². The van der Waals surface area contributed by atoms with E-state index in [1.807, 2.05) is 18.2 Å². The topological polar surface area (TPSA) is 120 Å². The molecule has 0 N–H and O–H groups in total. The Morgan fingerprint density at radius 3 is 1.47 bits per heavy atom. The Balaban J connectivity index is 0.765. The summed E-state index contributed by atoms with van der Waals surface area (Å²) in [4.78, 5) is 5.25. The predicted molar refractivity (Wildman–Crippen MR) is 402 cm³/mol. The zero-order valence-corrected chi connectivity index (χ0v) is 60.6. The second-order valence-electron chi connectivity index (χ2n) is 34.7. The predicted octanol–water partition coefficient (Wildman–Crippen LogP) is 21.9. The van der Waals surface area contributed by atoms with Gasteiger partial charge in [0.05, 0.1) is 0 Å². The molecular formula is C89H96N6O2. The Morgan fingerprint density at radius 1 is 0.505 bits per heavy atom. The van der Waals surface area contributed by atoms with Gasteiger partial charge in [0.15, 0.2) is 0 Å². The van der Waals surface area contributed by atoms with E-state index in [9.17, 15) is 21.0 Å². The average molecular weight is 1280 g/mol. The molecule has 97 heavy (non-hydrogen) atoms. The van der Waals surface area contributed by atoms with Crippen LogP contribution in [-0.4, -0.2) is 26.2 Å². The molecule has 0 aromatic heterocycles. The molecule has 8 nitrogen and oxygen atoms in total. The molecule has 7 aromatic carbocycles. The van der Waals surface area contributed by atoms with Gasteiger partial charge >= 0.3 is 0 Å². The summed E-state index contributed by atoms with van der Waals surface area (Å²) in [5.41, 5.74) is 16.2. The van der Waals surface area contributed by atoms with Crippen molar-refractivity contribution < 1.29 is 9.47 Å². The van der Waals surface area contributed by atoms with E-state index in [1.54, 1.807) is 18.2 Å². The minimum atomic E-state index is -0.618. The van der Waals surface area contributed by atoms with Crippen LogP contribution in [0.4, 0.5) is 11.4 Å². The fourth-order valence-corrected chi connectivity index (χ4v) is 16.4. The number of rotatable bonds is 11.